The number of hydrogen-bond donors (Lipinski definition) is 2. The van der Waals surface area contributed by atoms with Crippen molar-refractivity contribution in [3.8, 4) is 0 Å². The van der Waals surface area contributed by atoms with Crippen LogP contribution in [0, 0.1) is 0 Å². The Labute approximate surface area is 116 Å². The van der Waals surface area contributed by atoms with E-state index in [1.54, 1.807) is 20.8 Å². The van der Waals surface area contributed by atoms with E-state index in [2.05, 4.69) is 20.2 Å². The normalized spacial score (nSPS) is 12.4. The molecule has 1 rings (SSSR count). The van der Waals surface area contributed by atoms with E-state index >= 15 is 0 Å². The van der Waals surface area contributed by atoms with E-state index in [-0.39, 0.29) is 15.4 Å². The van der Waals surface area contributed by atoms with Crippen molar-refractivity contribution in [3.05, 3.63) is 0 Å². The van der Waals surface area contributed by atoms with Crippen molar-refractivity contribution in [3.63, 3.8) is 0 Å². The minimum Gasteiger partial charge on any atom is -0.301 e. The van der Waals surface area contributed by atoms with Gasteiger partial charge < -0.3 is 5.32 Å². The summed E-state index contributed by atoms with van der Waals surface area (Å²) in [5.74, 6) is -0.234. The number of hydrogen-bond acceptors (Lipinski definition) is 6. The molecule has 9 heteroatoms. The number of rotatable bonds is 6. The summed E-state index contributed by atoms with van der Waals surface area (Å²) in [5, 5.41) is 9.90. The molecular formula is C10H18N4O3S2. The molecule has 1 heterocycles. The lowest BCUT2D eigenvalue weighted by molar-refractivity contribution is -0.115. The van der Waals surface area contributed by atoms with Crippen LogP contribution in [0.3, 0.4) is 0 Å². The molecule has 0 unspecified atom stereocenters. The van der Waals surface area contributed by atoms with E-state index < -0.39 is 15.6 Å². The topological polar surface area (TPSA) is 101 Å². The minimum atomic E-state index is -3.71. The van der Waals surface area contributed by atoms with E-state index in [0.717, 1.165) is 11.3 Å². The Bertz CT molecular complexity index is 551. The van der Waals surface area contributed by atoms with Gasteiger partial charge in [0.25, 0.3) is 10.0 Å². The van der Waals surface area contributed by atoms with Gasteiger partial charge in [0.2, 0.25) is 15.4 Å². The van der Waals surface area contributed by atoms with Gasteiger partial charge in [-0.2, -0.15) is 0 Å². The molecule has 2 N–H and O–H groups in total. The summed E-state index contributed by atoms with van der Waals surface area (Å²) in [6.45, 7) is 7.14. The Hall–Kier alpha value is -1.06. The van der Waals surface area contributed by atoms with Gasteiger partial charge in [-0.1, -0.05) is 25.2 Å². The number of carbonyl (C=O) groups excluding carboxylic acids is 1. The molecule has 108 valence electrons. The Morgan fingerprint density at radius 3 is 2.47 bits per heavy atom. The molecule has 0 fully saturated rings. The van der Waals surface area contributed by atoms with Crippen molar-refractivity contribution in [2.45, 2.75) is 50.4 Å². The first-order valence-electron chi connectivity index (χ1n) is 5.87. The van der Waals surface area contributed by atoms with E-state index in [9.17, 15) is 13.2 Å². The van der Waals surface area contributed by atoms with E-state index in [1.807, 2.05) is 6.92 Å². The maximum atomic E-state index is 12.1. The van der Waals surface area contributed by atoms with Crippen LogP contribution in [0.15, 0.2) is 4.34 Å². The summed E-state index contributed by atoms with van der Waals surface area (Å²) < 4.78 is 26.5. The van der Waals surface area contributed by atoms with Gasteiger partial charge in [-0.25, -0.2) is 13.1 Å². The lowest BCUT2D eigenvalue weighted by Crippen LogP contribution is -2.42. The number of aromatic nitrogens is 2. The number of amides is 1. The standard InChI is InChI=1S/C10H18N4O3S2/c1-5-7(15)11-8-12-13-9(18-8)19(16,17)14-10(3,4)6-2/h14H,5-6H2,1-4H3,(H,11,12,15). The molecule has 0 bridgehead atoms. The lowest BCUT2D eigenvalue weighted by Gasteiger charge is -2.22. The second-order valence-electron chi connectivity index (χ2n) is 4.62. The maximum Gasteiger partial charge on any atom is 0.270 e. The summed E-state index contributed by atoms with van der Waals surface area (Å²) >= 11 is 0.830. The summed E-state index contributed by atoms with van der Waals surface area (Å²) in [4.78, 5) is 11.2. The Kier molecular flexibility index (Phi) is 4.99. The maximum absolute atomic E-state index is 12.1. The minimum absolute atomic E-state index is 0.152. The van der Waals surface area contributed by atoms with Gasteiger partial charge in [0.15, 0.2) is 0 Å². The predicted molar refractivity (Wildman–Crippen MR) is 73.5 cm³/mol. The van der Waals surface area contributed by atoms with Crippen LogP contribution in [0.2, 0.25) is 0 Å². The van der Waals surface area contributed by atoms with Crippen molar-refractivity contribution in [2.24, 2.45) is 0 Å². The second kappa shape index (κ2) is 5.93. The highest BCUT2D eigenvalue weighted by molar-refractivity contribution is 7.91. The van der Waals surface area contributed by atoms with E-state index in [4.69, 9.17) is 0 Å². The SMILES string of the molecule is CCC(=O)Nc1nnc(S(=O)(=O)NC(C)(C)CC)s1. The van der Waals surface area contributed by atoms with Crippen LogP contribution in [0.25, 0.3) is 0 Å². The lowest BCUT2D eigenvalue weighted by atomic mass is 10.0. The summed E-state index contributed by atoms with van der Waals surface area (Å²) in [5.41, 5.74) is -0.558. The summed E-state index contributed by atoms with van der Waals surface area (Å²) in [6.07, 6.45) is 0.938. The molecule has 0 atom stereocenters. The van der Waals surface area contributed by atoms with Gasteiger partial charge in [-0.3, -0.25) is 4.79 Å². The van der Waals surface area contributed by atoms with Crippen LogP contribution in [-0.4, -0.2) is 30.1 Å². The summed E-state index contributed by atoms with van der Waals surface area (Å²) in [6, 6.07) is 0. The number of anilines is 1. The monoisotopic (exact) mass is 306 g/mol. The molecule has 7 nitrogen and oxygen atoms in total. The Morgan fingerprint density at radius 2 is 1.95 bits per heavy atom. The third kappa shape index (κ3) is 4.51. The molecule has 0 aliphatic rings. The zero-order chi connectivity index (χ0) is 14.7. The average Bonchev–Trinajstić information content (AvgIpc) is 2.77. The molecular weight excluding hydrogens is 288 g/mol. The molecule has 19 heavy (non-hydrogen) atoms. The number of sulfonamides is 1. The smallest absolute Gasteiger partial charge is 0.270 e. The highest BCUT2D eigenvalue weighted by Crippen LogP contribution is 2.22. The van der Waals surface area contributed by atoms with E-state index in [0.29, 0.717) is 12.8 Å². The molecule has 0 spiro atoms. The van der Waals surface area contributed by atoms with Gasteiger partial charge in [0.05, 0.1) is 0 Å². The van der Waals surface area contributed by atoms with Crippen molar-refractivity contribution in [2.75, 3.05) is 5.32 Å². The molecule has 1 aromatic heterocycles. The number of nitrogens with one attached hydrogen (secondary N) is 2. The molecule has 0 aliphatic heterocycles. The second-order valence-corrected chi connectivity index (χ2v) is 7.45. The first-order valence-corrected chi connectivity index (χ1v) is 8.17. The Balaban J connectivity index is 2.89. The van der Waals surface area contributed by atoms with Gasteiger partial charge in [0, 0.05) is 12.0 Å². The van der Waals surface area contributed by atoms with Crippen LogP contribution in [0.1, 0.15) is 40.5 Å². The van der Waals surface area contributed by atoms with Gasteiger partial charge in [-0.15, -0.1) is 10.2 Å². The third-order valence-electron chi connectivity index (χ3n) is 2.50. The van der Waals surface area contributed by atoms with Crippen LogP contribution in [0.4, 0.5) is 5.13 Å². The fraction of sp³-hybridized carbons (Fsp3) is 0.700. The largest absolute Gasteiger partial charge is 0.301 e. The van der Waals surface area contributed by atoms with Crippen molar-refractivity contribution in [1.29, 1.82) is 0 Å². The third-order valence-corrected chi connectivity index (χ3v) is 5.40. The average molecular weight is 306 g/mol. The van der Waals surface area contributed by atoms with Crippen LogP contribution in [0.5, 0.6) is 0 Å². The molecule has 0 aromatic carbocycles. The molecule has 0 saturated carbocycles. The predicted octanol–water partition coefficient (Wildman–Crippen LogP) is 1.35. The quantitative estimate of drug-likeness (QED) is 0.773. The van der Waals surface area contributed by atoms with Gasteiger partial charge in [-0.05, 0) is 20.3 Å². The zero-order valence-electron chi connectivity index (χ0n) is 11.3. The van der Waals surface area contributed by atoms with Crippen LogP contribution in [-0.2, 0) is 14.8 Å². The molecule has 0 radical (unpaired) electrons. The van der Waals surface area contributed by atoms with Gasteiger partial charge >= 0.3 is 0 Å². The highest BCUT2D eigenvalue weighted by atomic mass is 32.2. The van der Waals surface area contributed by atoms with Crippen molar-refractivity contribution in [1.82, 2.24) is 14.9 Å². The van der Waals surface area contributed by atoms with Gasteiger partial charge in [0.1, 0.15) is 0 Å². The summed E-state index contributed by atoms with van der Waals surface area (Å²) in [7, 11) is -3.71. The Morgan fingerprint density at radius 1 is 1.32 bits per heavy atom. The first kappa shape index (κ1) is 16.0. The molecule has 0 saturated heterocycles. The zero-order valence-corrected chi connectivity index (χ0v) is 13.0. The highest BCUT2D eigenvalue weighted by Gasteiger charge is 2.27. The fourth-order valence-electron chi connectivity index (χ4n) is 1.06. The van der Waals surface area contributed by atoms with Crippen LogP contribution < -0.4 is 10.0 Å². The molecule has 1 aromatic rings. The van der Waals surface area contributed by atoms with Crippen molar-refractivity contribution >= 4 is 32.4 Å². The fourth-order valence-corrected chi connectivity index (χ4v) is 3.46. The van der Waals surface area contributed by atoms with Crippen molar-refractivity contribution < 1.29 is 13.2 Å². The molecule has 1 amide bonds. The van der Waals surface area contributed by atoms with Crippen LogP contribution >= 0.6 is 11.3 Å². The van der Waals surface area contributed by atoms with E-state index in [1.165, 1.54) is 0 Å². The number of carbonyl (C=O) groups is 1. The molecule has 0 aliphatic carbocycles. The first-order chi connectivity index (χ1) is 8.70. The number of nitrogens with zero attached hydrogens (tertiary/aromatic N) is 2.